The second-order valence-electron chi connectivity index (χ2n) is 8.33. The van der Waals surface area contributed by atoms with Crippen molar-refractivity contribution in [3.05, 3.63) is 52.5 Å². The molecule has 0 bridgehead atoms. The van der Waals surface area contributed by atoms with Gasteiger partial charge in [-0.15, -0.1) is 0 Å². The molecule has 0 aliphatic heterocycles. The molecule has 0 aliphatic carbocycles. The summed E-state index contributed by atoms with van der Waals surface area (Å²) in [5, 5.41) is 5.63. The van der Waals surface area contributed by atoms with E-state index >= 15 is 0 Å². The average molecular weight is 500 g/mol. The van der Waals surface area contributed by atoms with E-state index < -0.39 is 24.5 Å². The summed E-state index contributed by atoms with van der Waals surface area (Å²) < 4.78 is 39.4. The van der Waals surface area contributed by atoms with E-state index in [0.29, 0.717) is 23.6 Å². The first-order chi connectivity index (χ1) is 14.4. The molecule has 0 heterocycles. The Morgan fingerprint density at radius 3 is 2.26 bits per heavy atom. The van der Waals surface area contributed by atoms with Crippen LogP contribution in [0.5, 0.6) is 0 Å². The van der Waals surface area contributed by atoms with Crippen LogP contribution < -0.4 is 15.5 Å². The summed E-state index contributed by atoms with van der Waals surface area (Å²) in [5.41, 5.74) is 2.94. The van der Waals surface area contributed by atoms with Crippen LogP contribution in [0.4, 0.5) is 35.0 Å². The highest BCUT2D eigenvalue weighted by atomic mass is 79.9. The van der Waals surface area contributed by atoms with E-state index in [0.717, 1.165) is 10.0 Å². The van der Waals surface area contributed by atoms with Crippen LogP contribution in [0, 0.1) is 18.8 Å². The predicted octanol–water partition coefficient (Wildman–Crippen LogP) is 7.45. The van der Waals surface area contributed by atoms with Gasteiger partial charge in [-0.3, -0.25) is 0 Å². The molecule has 2 amide bonds. The first-order valence-corrected chi connectivity index (χ1v) is 11.0. The molecule has 4 nitrogen and oxygen atoms in total. The van der Waals surface area contributed by atoms with Crippen molar-refractivity contribution in [2.45, 2.75) is 40.3 Å². The van der Waals surface area contributed by atoms with Crippen molar-refractivity contribution in [2.75, 3.05) is 28.6 Å². The summed E-state index contributed by atoms with van der Waals surface area (Å²) in [4.78, 5) is 14.5. The van der Waals surface area contributed by atoms with Gasteiger partial charge in [0.1, 0.15) is 0 Å². The van der Waals surface area contributed by atoms with E-state index in [1.807, 2.05) is 49.9 Å². The largest absolute Gasteiger partial charge is 0.389 e. The Hall–Kier alpha value is -2.22. The molecule has 0 aliphatic rings. The molecule has 2 aromatic rings. The molecular weight excluding hydrogens is 471 g/mol. The minimum Gasteiger partial charge on any atom is -0.369 e. The average Bonchev–Trinajstić information content (AvgIpc) is 2.61. The summed E-state index contributed by atoms with van der Waals surface area (Å²) in [6.45, 7) is 8.37. The maximum atomic E-state index is 12.9. The zero-order chi connectivity index (χ0) is 23.2. The number of hydrogen-bond acceptors (Lipinski definition) is 2. The van der Waals surface area contributed by atoms with Crippen molar-refractivity contribution in [3.8, 4) is 0 Å². The summed E-state index contributed by atoms with van der Waals surface area (Å²) in [6, 6.07) is 12.4. The van der Waals surface area contributed by atoms with Crippen LogP contribution in [-0.4, -0.2) is 25.3 Å². The quantitative estimate of drug-likeness (QED) is 0.395. The Balaban J connectivity index is 2.24. The highest BCUT2D eigenvalue weighted by molar-refractivity contribution is 9.10. The van der Waals surface area contributed by atoms with Crippen LogP contribution in [0.15, 0.2) is 46.9 Å². The maximum absolute atomic E-state index is 12.9. The van der Waals surface area contributed by atoms with Crippen LogP contribution in [0.2, 0.25) is 0 Å². The van der Waals surface area contributed by atoms with Gasteiger partial charge in [-0.05, 0) is 49.1 Å². The fraction of sp³-hybridized carbons (Fsp3) is 0.435. The first kappa shape index (κ1) is 25.0. The third-order valence-electron chi connectivity index (χ3n) is 4.55. The number of urea groups is 1. The van der Waals surface area contributed by atoms with Gasteiger partial charge in [0.15, 0.2) is 0 Å². The van der Waals surface area contributed by atoms with E-state index in [2.05, 4.69) is 26.6 Å². The Morgan fingerprint density at radius 2 is 1.68 bits per heavy atom. The lowest BCUT2D eigenvalue weighted by Gasteiger charge is -2.31. The van der Waals surface area contributed by atoms with E-state index in [1.54, 1.807) is 25.1 Å². The standard InChI is InChI=1S/C23H29BrF3N3O/c1-15(2)13-30(14-17(4)12-23(25,26)27)21-10-7-18(24)11-20(21)29-22(31)28-19-8-5-16(3)6-9-19/h5-11,15,17H,12-14H2,1-4H3,(H2,28,29,31). The molecule has 31 heavy (non-hydrogen) atoms. The van der Waals surface area contributed by atoms with Crippen molar-refractivity contribution >= 4 is 39.0 Å². The van der Waals surface area contributed by atoms with Gasteiger partial charge in [0.25, 0.3) is 0 Å². The summed E-state index contributed by atoms with van der Waals surface area (Å²) in [7, 11) is 0. The fourth-order valence-electron chi connectivity index (χ4n) is 3.35. The lowest BCUT2D eigenvalue weighted by molar-refractivity contribution is -0.142. The van der Waals surface area contributed by atoms with Crippen molar-refractivity contribution in [3.63, 3.8) is 0 Å². The molecular formula is C23H29BrF3N3O. The minimum atomic E-state index is -4.21. The van der Waals surface area contributed by atoms with Gasteiger partial charge in [0.05, 0.1) is 11.4 Å². The Bertz CT molecular complexity index is 869. The van der Waals surface area contributed by atoms with Gasteiger partial charge in [-0.25, -0.2) is 4.79 Å². The first-order valence-electron chi connectivity index (χ1n) is 10.2. The zero-order valence-corrected chi connectivity index (χ0v) is 19.8. The van der Waals surface area contributed by atoms with E-state index in [4.69, 9.17) is 0 Å². The molecule has 1 unspecified atom stereocenters. The number of amides is 2. The van der Waals surface area contributed by atoms with Gasteiger partial charge in [0, 0.05) is 29.7 Å². The number of benzene rings is 2. The van der Waals surface area contributed by atoms with Crippen molar-refractivity contribution in [1.29, 1.82) is 0 Å². The highest BCUT2D eigenvalue weighted by Gasteiger charge is 2.31. The molecule has 0 radical (unpaired) electrons. The van der Waals surface area contributed by atoms with Crippen LogP contribution in [0.3, 0.4) is 0 Å². The topological polar surface area (TPSA) is 44.4 Å². The van der Waals surface area contributed by atoms with Gasteiger partial charge < -0.3 is 15.5 Å². The lowest BCUT2D eigenvalue weighted by atomic mass is 10.0. The number of carbonyl (C=O) groups is 1. The number of nitrogens with one attached hydrogen (secondary N) is 2. The third-order valence-corrected chi connectivity index (χ3v) is 5.05. The number of anilines is 3. The van der Waals surface area contributed by atoms with Crippen molar-refractivity contribution in [1.82, 2.24) is 0 Å². The van der Waals surface area contributed by atoms with Gasteiger partial charge >= 0.3 is 12.2 Å². The normalized spacial score (nSPS) is 12.5. The summed E-state index contributed by atoms with van der Waals surface area (Å²) >= 11 is 3.41. The molecule has 0 fully saturated rings. The monoisotopic (exact) mass is 499 g/mol. The second-order valence-corrected chi connectivity index (χ2v) is 9.25. The van der Waals surface area contributed by atoms with E-state index in [1.165, 1.54) is 0 Å². The lowest BCUT2D eigenvalue weighted by Crippen LogP contribution is -2.34. The zero-order valence-electron chi connectivity index (χ0n) is 18.2. The van der Waals surface area contributed by atoms with Crippen molar-refractivity contribution < 1.29 is 18.0 Å². The van der Waals surface area contributed by atoms with Crippen LogP contribution in [0.25, 0.3) is 0 Å². The molecule has 1 atom stereocenters. The molecule has 170 valence electrons. The van der Waals surface area contributed by atoms with Crippen molar-refractivity contribution in [2.24, 2.45) is 11.8 Å². The maximum Gasteiger partial charge on any atom is 0.389 e. The molecule has 2 N–H and O–H groups in total. The van der Waals surface area contributed by atoms with Crippen LogP contribution in [-0.2, 0) is 0 Å². The van der Waals surface area contributed by atoms with Crippen LogP contribution in [0.1, 0.15) is 32.8 Å². The number of halogens is 4. The van der Waals surface area contributed by atoms with E-state index in [-0.39, 0.29) is 12.5 Å². The van der Waals surface area contributed by atoms with Gasteiger partial charge in [0.2, 0.25) is 0 Å². The molecule has 0 aromatic heterocycles. The molecule has 0 saturated heterocycles. The highest BCUT2D eigenvalue weighted by Crippen LogP contribution is 2.32. The minimum absolute atomic E-state index is 0.230. The Labute approximate surface area is 190 Å². The molecule has 2 rings (SSSR count). The predicted molar refractivity (Wildman–Crippen MR) is 125 cm³/mol. The number of aryl methyl sites for hydroxylation is 1. The SMILES string of the molecule is Cc1ccc(NC(=O)Nc2cc(Br)ccc2N(CC(C)C)CC(C)CC(F)(F)F)cc1. The number of alkyl halides is 3. The Kier molecular flexibility index (Phi) is 8.79. The van der Waals surface area contributed by atoms with Crippen LogP contribution >= 0.6 is 15.9 Å². The van der Waals surface area contributed by atoms with Gasteiger partial charge in [-0.2, -0.15) is 13.2 Å². The number of hydrogen-bond donors (Lipinski definition) is 2. The number of rotatable bonds is 8. The molecule has 8 heteroatoms. The number of carbonyl (C=O) groups excluding carboxylic acids is 1. The summed E-state index contributed by atoms with van der Waals surface area (Å²) in [5.74, 6) is -0.354. The molecule has 0 saturated carbocycles. The fourth-order valence-corrected chi connectivity index (χ4v) is 3.71. The molecule has 2 aromatic carbocycles. The third kappa shape index (κ3) is 8.81. The Morgan fingerprint density at radius 1 is 1.03 bits per heavy atom. The smallest absolute Gasteiger partial charge is 0.369 e. The molecule has 0 spiro atoms. The summed E-state index contributed by atoms with van der Waals surface area (Å²) in [6.07, 6.45) is -5.06. The number of nitrogens with zero attached hydrogens (tertiary/aromatic N) is 1. The van der Waals surface area contributed by atoms with Gasteiger partial charge in [-0.1, -0.05) is 54.4 Å². The van der Waals surface area contributed by atoms with E-state index in [9.17, 15) is 18.0 Å². The second kappa shape index (κ2) is 10.9.